The van der Waals surface area contributed by atoms with Crippen molar-refractivity contribution in [1.29, 1.82) is 0 Å². The highest BCUT2D eigenvalue weighted by molar-refractivity contribution is 5.95. The largest absolute Gasteiger partial charge is 0.508 e. The van der Waals surface area contributed by atoms with Crippen molar-refractivity contribution in [2.24, 2.45) is 0 Å². The van der Waals surface area contributed by atoms with Crippen molar-refractivity contribution in [3.63, 3.8) is 0 Å². The predicted molar refractivity (Wildman–Crippen MR) is 73.6 cm³/mol. The van der Waals surface area contributed by atoms with Crippen LogP contribution in [0.25, 0.3) is 0 Å². The molecule has 0 saturated carbocycles. The van der Waals surface area contributed by atoms with E-state index in [2.05, 4.69) is 4.74 Å². The lowest BCUT2D eigenvalue weighted by atomic mass is 10.2. The Labute approximate surface area is 121 Å². The highest BCUT2D eigenvalue weighted by atomic mass is 16.5. The van der Waals surface area contributed by atoms with Gasteiger partial charge in [-0.15, -0.1) is 0 Å². The average Bonchev–Trinajstić information content (AvgIpc) is 2.51. The van der Waals surface area contributed by atoms with Gasteiger partial charge in [-0.1, -0.05) is 18.2 Å². The molecule has 0 aliphatic rings. The second-order valence-electron chi connectivity index (χ2n) is 3.83. The quantitative estimate of drug-likeness (QED) is 0.370. The van der Waals surface area contributed by atoms with Crippen molar-refractivity contribution in [2.45, 2.75) is 0 Å². The summed E-state index contributed by atoms with van der Waals surface area (Å²) in [6.45, 7) is -0.510. The summed E-state index contributed by atoms with van der Waals surface area (Å²) in [6.07, 6.45) is 2.80. The summed E-state index contributed by atoms with van der Waals surface area (Å²) in [5, 5.41) is 9.35. The first kappa shape index (κ1) is 16.2. The Bertz CT molecular complexity index is 571. The number of aliphatic hydroxyl groups is 1. The van der Waals surface area contributed by atoms with E-state index in [1.807, 2.05) is 0 Å². The molecule has 6 heteroatoms. The summed E-state index contributed by atoms with van der Waals surface area (Å²) < 4.78 is 9.09. The molecule has 21 heavy (non-hydrogen) atoms. The minimum Gasteiger partial charge on any atom is -0.508 e. The van der Waals surface area contributed by atoms with Crippen molar-refractivity contribution in [2.75, 3.05) is 13.7 Å². The summed E-state index contributed by atoms with van der Waals surface area (Å²) in [6, 6.07) is 8.19. The molecule has 0 saturated heterocycles. The molecule has 0 atom stereocenters. The number of ether oxygens (including phenoxy) is 2. The van der Waals surface area contributed by atoms with Crippen molar-refractivity contribution in [3.8, 4) is 0 Å². The fraction of sp³-hybridized carbons (Fsp3) is 0.133. The molecule has 1 N–H and O–H groups in total. The molecule has 0 amide bonds. The topological polar surface area (TPSA) is 89.9 Å². The molecular weight excluding hydrogens is 276 g/mol. The van der Waals surface area contributed by atoms with E-state index in [1.54, 1.807) is 30.3 Å². The van der Waals surface area contributed by atoms with Gasteiger partial charge >= 0.3 is 11.9 Å². The van der Waals surface area contributed by atoms with Crippen molar-refractivity contribution in [3.05, 3.63) is 59.9 Å². The molecule has 0 unspecified atom stereocenters. The van der Waals surface area contributed by atoms with Gasteiger partial charge in [0, 0.05) is 12.2 Å². The molecule has 1 rings (SSSR count). The van der Waals surface area contributed by atoms with E-state index >= 15 is 0 Å². The summed E-state index contributed by atoms with van der Waals surface area (Å²) in [7, 11) is 1.18. The molecule has 0 bridgehead atoms. The van der Waals surface area contributed by atoms with Crippen molar-refractivity contribution < 1.29 is 29.0 Å². The van der Waals surface area contributed by atoms with E-state index in [9.17, 15) is 19.5 Å². The minimum absolute atomic E-state index is 0.323. The van der Waals surface area contributed by atoms with Crippen LogP contribution in [0.15, 0.2) is 54.3 Å². The van der Waals surface area contributed by atoms with Crippen LogP contribution in [0.3, 0.4) is 0 Å². The maximum atomic E-state index is 11.6. The number of benzene rings is 1. The van der Waals surface area contributed by atoms with Crippen LogP contribution < -0.4 is 0 Å². The zero-order valence-electron chi connectivity index (χ0n) is 11.3. The second-order valence-corrected chi connectivity index (χ2v) is 3.83. The lowest BCUT2D eigenvalue weighted by molar-refractivity contribution is -0.134. The number of allylic oxidation sites excluding steroid dienone is 1. The van der Waals surface area contributed by atoms with Gasteiger partial charge in [-0.05, 0) is 18.2 Å². The van der Waals surface area contributed by atoms with E-state index in [0.29, 0.717) is 5.56 Å². The number of ketones is 1. The van der Waals surface area contributed by atoms with Gasteiger partial charge < -0.3 is 14.6 Å². The minimum atomic E-state index is -0.669. The van der Waals surface area contributed by atoms with E-state index in [1.165, 1.54) is 7.11 Å². The summed E-state index contributed by atoms with van der Waals surface area (Å²) in [4.78, 5) is 33.8. The Morgan fingerprint density at radius 3 is 2.43 bits per heavy atom. The van der Waals surface area contributed by atoms with E-state index < -0.39 is 30.1 Å². The van der Waals surface area contributed by atoms with Crippen LogP contribution in [-0.4, -0.2) is 36.5 Å². The molecule has 0 radical (unpaired) electrons. The van der Waals surface area contributed by atoms with Gasteiger partial charge in [-0.2, -0.15) is 0 Å². The summed E-state index contributed by atoms with van der Waals surface area (Å²) >= 11 is 0. The smallest absolute Gasteiger partial charge is 0.338 e. The van der Waals surface area contributed by atoms with Gasteiger partial charge in [0.1, 0.15) is 5.76 Å². The van der Waals surface area contributed by atoms with E-state index in [0.717, 1.165) is 18.2 Å². The molecule has 1 aromatic carbocycles. The third-order valence-corrected chi connectivity index (χ3v) is 2.26. The third-order valence-electron chi connectivity index (χ3n) is 2.26. The zero-order valence-corrected chi connectivity index (χ0v) is 11.3. The molecule has 6 nitrogen and oxygen atoms in total. The van der Waals surface area contributed by atoms with Crippen LogP contribution in [0.5, 0.6) is 0 Å². The zero-order chi connectivity index (χ0) is 15.7. The van der Waals surface area contributed by atoms with Crippen LogP contribution in [0.4, 0.5) is 0 Å². The number of carbonyl (C=O) groups is 3. The molecule has 110 valence electrons. The predicted octanol–water partition coefficient (Wildman–Crippen LogP) is 1.58. The number of methoxy groups -OCH3 is 1. The molecule has 0 aliphatic carbocycles. The highest BCUT2D eigenvalue weighted by Crippen LogP contribution is 2.01. The molecule has 0 aromatic heterocycles. The number of hydrogen-bond donors (Lipinski definition) is 1. The maximum Gasteiger partial charge on any atom is 0.338 e. The Balaban J connectivity index is 2.49. The molecule has 0 heterocycles. The Kier molecular flexibility index (Phi) is 6.40. The Hall–Kier alpha value is -2.89. The number of hydrogen-bond acceptors (Lipinski definition) is 6. The third kappa shape index (κ3) is 6.20. The fourth-order valence-electron chi connectivity index (χ4n) is 1.27. The Morgan fingerprint density at radius 2 is 1.81 bits per heavy atom. The monoisotopic (exact) mass is 290 g/mol. The maximum absolute atomic E-state index is 11.6. The lowest BCUT2D eigenvalue weighted by Crippen LogP contribution is -2.12. The molecule has 0 spiro atoms. The van der Waals surface area contributed by atoms with E-state index in [4.69, 9.17) is 4.74 Å². The first-order valence-electron chi connectivity index (χ1n) is 5.94. The number of esters is 2. The highest BCUT2D eigenvalue weighted by Gasteiger charge is 2.08. The second kappa shape index (κ2) is 8.31. The normalized spacial score (nSPS) is 11.2. The van der Waals surface area contributed by atoms with Gasteiger partial charge in [0.25, 0.3) is 0 Å². The fourth-order valence-corrected chi connectivity index (χ4v) is 1.27. The van der Waals surface area contributed by atoms with Gasteiger partial charge in [0.05, 0.1) is 12.7 Å². The van der Waals surface area contributed by atoms with Crippen LogP contribution in [0.1, 0.15) is 10.4 Å². The summed E-state index contributed by atoms with van der Waals surface area (Å²) in [5.74, 6) is -2.37. The number of rotatable bonds is 6. The Morgan fingerprint density at radius 1 is 1.14 bits per heavy atom. The van der Waals surface area contributed by atoms with Crippen molar-refractivity contribution >= 4 is 17.7 Å². The van der Waals surface area contributed by atoms with Crippen LogP contribution in [0, 0.1) is 0 Å². The summed E-state index contributed by atoms with van der Waals surface area (Å²) in [5.41, 5.74) is 0.323. The molecule has 0 fully saturated rings. The van der Waals surface area contributed by atoms with Gasteiger partial charge in [-0.25, -0.2) is 9.59 Å². The van der Waals surface area contributed by atoms with Crippen molar-refractivity contribution in [1.82, 2.24) is 0 Å². The first-order valence-corrected chi connectivity index (χ1v) is 5.94. The number of aliphatic hydroxyl groups excluding tert-OH is 1. The first-order chi connectivity index (χ1) is 10.0. The SMILES string of the molecule is COC(=O)/C=C/C(O)=C/C(=O)COC(=O)c1ccccc1. The lowest BCUT2D eigenvalue weighted by Gasteiger charge is -2.02. The number of carbonyl (C=O) groups excluding carboxylic acids is 3. The standard InChI is InChI=1S/C15H14O6/c1-20-14(18)8-7-12(16)9-13(17)10-21-15(19)11-5-3-2-4-6-11/h2-9,16H,10H2,1H3/b8-7+,12-9-. The molecule has 0 aliphatic heterocycles. The van der Waals surface area contributed by atoms with Crippen LogP contribution in [-0.2, 0) is 19.1 Å². The van der Waals surface area contributed by atoms with Gasteiger partial charge in [-0.3, -0.25) is 4.79 Å². The van der Waals surface area contributed by atoms with Gasteiger partial charge in [0.2, 0.25) is 0 Å². The molecular formula is C15H14O6. The average molecular weight is 290 g/mol. The van der Waals surface area contributed by atoms with Gasteiger partial charge in [0.15, 0.2) is 12.4 Å². The van der Waals surface area contributed by atoms with Crippen LogP contribution >= 0.6 is 0 Å². The van der Waals surface area contributed by atoms with E-state index in [-0.39, 0.29) is 0 Å². The van der Waals surface area contributed by atoms with Crippen LogP contribution in [0.2, 0.25) is 0 Å². The molecule has 1 aromatic rings.